The quantitative estimate of drug-likeness (QED) is 0.203. The molecule has 0 heterocycles. The van der Waals surface area contributed by atoms with Crippen molar-refractivity contribution in [2.75, 3.05) is 20.3 Å². The topological polar surface area (TPSA) is 65.0 Å². The standard InChI is InChI=1S/C35H34O5/c1-38-33(35(36)37)24-26-15-19-29(20-16-26)39-22-23-40-34-31-12-6-5-10-28(31)18-21-30-27(11-7-13-32(30)34)17-14-25-8-3-2-4-9-25/h2-13,15-16,18-21,33-34H,14,17,22-24H2,1H3,(H,36,37). The molecule has 0 aliphatic heterocycles. The van der Waals surface area contributed by atoms with Crippen molar-refractivity contribution >= 4 is 18.1 Å². The van der Waals surface area contributed by atoms with Crippen LogP contribution in [0.4, 0.5) is 0 Å². The van der Waals surface area contributed by atoms with Crippen LogP contribution >= 0.6 is 0 Å². The molecule has 0 spiro atoms. The lowest BCUT2D eigenvalue weighted by Gasteiger charge is -2.22. The number of carbonyl (C=O) groups is 1. The smallest absolute Gasteiger partial charge is 0.333 e. The van der Waals surface area contributed by atoms with Gasteiger partial charge in [-0.05, 0) is 63.9 Å². The molecule has 0 amide bonds. The number of methoxy groups -OCH3 is 1. The van der Waals surface area contributed by atoms with Gasteiger partial charge in [0.1, 0.15) is 18.5 Å². The molecule has 1 aliphatic carbocycles. The predicted molar refractivity (Wildman–Crippen MR) is 158 cm³/mol. The van der Waals surface area contributed by atoms with Gasteiger partial charge >= 0.3 is 5.97 Å². The van der Waals surface area contributed by atoms with Gasteiger partial charge in [0.25, 0.3) is 0 Å². The minimum absolute atomic E-state index is 0.203. The molecule has 0 saturated heterocycles. The van der Waals surface area contributed by atoms with Crippen molar-refractivity contribution in [2.45, 2.75) is 31.5 Å². The monoisotopic (exact) mass is 534 g/mol. The lowest BCUT2D eigenvalue weighted by Crippen LogP contribution is -2.24. The number of carboxylic acid groups (broad SMARTS) is 1. The number of benzene rings is 4. The van der Waals surface area contributed by atoms with Gasteiger partial charge in [-0.1, -0.05) is 97.1 Å². The average Bonchev–Trinajstić information content (AvgIpc) is 3.15. The Bertz CT molecular complexity index is 1440. The van der Waals surface area contributed by atoms with Gasteiger partial charge in [-0.2, -0.15) is 0 Å². The maximum absolute atomic E-state index is 11.2. The van der Waals surface area contributed by atoms with Crippen molar-refractivity contribution in [1.82, 2.24) is 0 Å². The fourth-order valence-corrected chi connectivity index (χ4v) is 5.16. The van der Waals surface area contributed by atoms with Crippen molar-refractivity contribution in [3.8, 4) is 5.75 Å². The molecule has 204 valence electrons. The molecule has 1 N–H and O–H groups in total. The van der Waals surface area contributed by atoms with Gasteiger partial charge in [-0.15, -0.1) is 0 Å². The summed E-state index contributed by atoms with van der Waals surface area (Å²) in [5.74, 6) is -0.261. The molecule has 4 aromatic rings. The molecule has 0 bridgehead atoms. The molecule has 1 aliphatic rings. The van der Waals surface area contributed by atoms with Gasteiger partial charge in [-0.3, -0.25) is 0 Å². The van der Waals surface area contributed by atoms with Crippen molar-refractivity contribution in [3.63, 3.8) is 0 Å². The second-order valence-corrected chi connectivity index (χ2v) is 9.88. The number of fused-ring (bicyclic) bond motifs is 2. The molecule has 2 atom stereocenters. The molecule has 40 heavy (non-hydrogen) atoms. The molecule has 5 nitrogen and oxygen atoms in total. The van der Waals surface area contributed by atoms with Gasteiger partial charge in [0, 0.05) is 13.5 Å². The maximum Gasteiger partial charge on any atom is 0.333 e. The number of aliphatic carboxylic acids is 1. The largest absolute Gasteiger partial charge is 0.491 e. The summed E-state index contributed by atoms with van der Waals surface area (Å²) in [6.07, 6.45) is 5.60. The van der Waals surface area contributed by atoms with Crippen molar-refractivity contribution in [1.29, 1.82) is 0 Å². The third kappa shape index (κ3) is 6.68. The van der Waals surface area contributed by atoms with Crippen LogP contribution in [-0.2, 0) is 33.5 Å². The van der Waals surface area contributed by atoms with E-state index in [-0.39, 0.29) is 6.10 Å². The van der Waals surface area contributed by atoms with Gasteiger partial charge in [0.05, 0.1) is 6.61 Å². The van der Waals surface area contributed by atoms with Crippen LogP contribution in [0.25, 0.3) is 12.2 Å². The van der Waals surface area contributed by atoms with E-state index >= 15 is 0 Å². The van der Waals surface area contributed by atoms with Crippen molar-refractivity contribution in [3.05, 3.63) is 136 Å². The van der Waals surface area contributed by atoms with Crippen LogP contribution in [0.3, 0.4) is 0 Å². The zero-order valence-electron chi connectivity index (χ0n) is 22.7. The lowest BCUT2D eigenvalue weighted by molar-refractivity contribution is -0.148. The summed E-state index contributed by atoms with van der Waals surface area (Å²) < 4.78 is 17.5. The maximum atomic E-state index is 11.2. The number of hydrogen-bond acceptors (Lipinski definition) is 4. The Balaban J connectivity index is 1.26. The highest BCUT2D eigenvalue weighted by Gasteiger charge is 2.23. The van der Waals surface area contributed by atoms with Crippen LogP contribution in [0.5, 0.6) is 5.75 Å². The molecule has 0 radical (unpaired) electrons. The van der Waals surface area contributed by atoms with Crippen LogP contribution in [0.2, 0.25) is 0 Å². The number of carboxylic acids is 1. The number of rotatable bonds is 12. The van der Waals surface area contributed by atoms with Crippen LogP contribution in [0, 0.1) is 0 Å². The molecule has 2 unspecified atom stereocenters. The Labute approximate surface area is 235 Å². The van der Waals surface area contributed by atoms with E-state index in [2.05, 4.69) is 84.9 Å². The van der Waals surface area contributed by atoms with E-state index < -0.39 is 12.1 Å². The second-order valence-electron chi connectivity index (χ2n) is 9.88. The molecule has 5 heteroatoms. The van der Waals surface area contributed by atoms with Crippen LogP contribution in [0.15, 0.2) is 97.1 Å². The Hall–Kier alpha value is -4.19. The Morgan fingerprint density at radius 1 is 0.775 bits per heavy atom. The summed E-state index contributed by atoms with van der Waals surface area (Å²) in [7, 11) is 1.41. The zero-order chi connectivity index (χ0) is 27.7. The summed E-state index contributed by atoms with van der Waals surface area (Å²) in [6, 6.07) is 32.9. The summed E-state index contributed by atoms with van der Waals surface area (Å²) in [6.45, 7) is 0.809. The molecule has 4 aromatic carbocycles. The minimum atomic E-state index is -0.972. The van der Waals surface area contributed by atoms with Gasteiger partial charge in [0.15, 0.2) is 6.10 Å². The van der Waals surface area contributed by atoms with E-state index in [9.17, 15) is 9.90 Å². The van der Waals surface area contributed by atoms with E-state index in [1.807, 2.05) is 24.3 Å². The highest BCUT2D eigenvalue weighted by Crippen LogP contribution is 2.37. The molecular weight excluding hydrogens is 500 g/mol. The third-order valence-corrected chi connectivity index (χ3v) is 7.29. The second kappa shape index (κ2) is 13.2. The Kier molecular flexibility index (Phi) is 9.07. The number of ether oxygens (including phenoxy) is 3. The fraction of sp³-hybridized carbons (Fsp3) is 0.229. The van der Waals surface area contributed by atoms with Crippen molar-refractivity contribution in [2.24, 2.45) is 0 Å². The SMILES string of the molecule is COC(Cc1ccc(OCCOC2c3ccccc3C=Cc3c(CCc4ccccc4)cccc32)cc1)C(=O)O. The fourth-order valence-electron chi connectivity index (χ4n) is 5.16. The van der Waals surface area contributed by atoms with Crippen LogP contribution in [0.1, 0.15) is 45.0 Å². The number of aryl methyl sites for hydroxylation is 2. The van der Waals surface area contributed by atoms with Crippen LogP contribution < -0.4 is 4.74 Å². The molecular formula is C35H34O5. The predicted octanol–water partition coefficient (Wildman–Crippen LogP) is 6.78. The Morgan fingerprint density at radius 2 is 1.52 bits per heavy atom. The van der Waals surface area contributed by atoms with Gasteiger partial charge in [0.2, 0.25) is 0 Å². The van der Waals surface area contributed by atoms with E-state index in [0.717, 1.165) is 29.5 Å². The summed E-state index contributed by atoms with van der Waals surface area (Å²) in [5, 5.41) is 9.20. The average molecular weight is 535 g/mol. The summed E-state index contributed by atoms with van der Waals surface area (Å²) in [5.41, 5.74) is 8.22. The van der Waals surface area contributed by atoms with Gasteiger partial charge < -0.3 is 19.3 Å². The lowest BCUT2D eigenvalue weighted by atomic mass is 9.91. The van der Waals surface area contributed by atoms with E-state index in [4.69, 9.17) is 14.2 Å². The van der Waals surface area contributed by atoms with Crippen molar-refractivity contribution < 1.29 is 24.1 Å². The molecule has 0 fully saturated rings. The van der Waals surface area contributed by atoms with E-state index in [1.54, 1.807) is 0 Å². The molecule has 5 rings (SSSR count). The minimum Gasteiger partial charge on any atom is -0.491 e. The normalized spacial score (nSPS) is 14.6. The first-order valence-electron chi connectivity index (χ1n) is 13.6. The zero-order valence-corrected chi connectivity index (χ0v) is 22.7. The number of hydrogen-bond donors (Lipinski definition) is 1. The first kappa shape index (κ1) is 27.4. The molecule has 0 saturated carbocycles. The third-order valence-electron chi connectivity index (χ3n) is 7.29. The Morgan fingerprint density at radius 3 is 2.30 bits per heavy atom. The van der Waals surface area contributed by atoms with Crippen LogP contribution in [-0.4, -0.2) is 37.5 Å². The highest BCUT2D eigenvalue weighted by atomic mass is 16.5. The summed E-state index contributed by atoms with van der Waals surface area (Å²) >= 11 is 0. The first-order valence-corrected chi connectivity index (χ1v) is 13.6. The highest BCUT2D eigenvalue weighted by molar-refractivity contribution is 5.77. The summed E-state index contributed by atoms with van der Waals surface area (Å²) in [4.78, 5) is 11.2. The van der Waals surface area contributed by atoms with E-state index in [1.165, 1.54) is 29.4 Å². The van der Waals surface area contributed by atoms with Gasteiger partial charge in [-0.25, -0.2) is 4.79 Å². The first-order chi connectivity index (χ1) is 19.6. The molecule has 0 aromatic heterocycles. The van der Waals surface area contributed by atoms with E-state index in [0.29, 0.717) is 25.4 Å².